The Morgan fingerprint density at radius 1 is 0.917 bits per heavy atom. The van der Waals surface area contributed by atoms with E-state index in [1.807, 2.05) is 11.1 Å². The fourth-order valence-corrected chi connectivity index (χ4v) is 8.48. The van der Waals surface area contributed by atoms with Crippen LogP contribution < -0.4 is 0 Å². The molecule has 2 fully saturated rings. The maximum Gasteiger partial charge on any atom is 0.144 e. The molecule has 1 nitrogen and oxygen atoms in total. The second-order valence-electron chi connectivity index (χ2n) is 9.51. The number of fused-ring (bicyclic) bond motifs is 3. The molecule has 3 unspecified atom stereocenters. The summed E-state index contributed by atoms with van der Waals surface area (Å²) in [7, 11) is 0. The average Bonchev–Trinajstić information content (AvgIpc) is 3.21. The SMILES string of the molecule is O=C1CCC2=C3C(=CC=CC13)C13CCC(CC1)C1=C3C3CCC21C3. The van der Waals surface area contributed by atoms with E-state index >= 15 is 0 Å². The summed E-state index contributed by atoms with van der Waals surface area (Å²) in [5.74, 6) is 2.33. The van der Waals surface area contributed by atoms with E-state index < -0.39 is 0 Å². The molecule has 2 saturated carbocycles. The van der Waals surface area contributed by atoms with Crippen molar-refractivity contribution in [2.75, 3.05) is 0 Å². The van der Waals surface area contributed by atoms with Gasteiger partial charge in [-0.3, -0.25) is 4.79 Å². The largest absolute Gasteiger partial charge is 0.299 e. The summed E-state index contributed by atoms with van der Waals surface area (Å²) >= 11 is 0. The van der Waals surface area contributed by atoms with Crippen LogP contribution in [0.2, 0.25) is 0 Å². The van der Waals surface area contributed by atoms with Gasteiger partial charge in [0, 0.05) is 17.3 Å². The number of allylic oxidation sites excluding steroid dienone is 8. The maximum atomic E-state index is 12.8. The Labute approximate surface area is 143 Å². The molecule has 0 radical (unpaired) electrons. The molecule has 0 heterocycles. The lowest BCUT2D eigenvalue weighted by atomic mass is 9.51. The molecule has 122 valence electrons. The van der Waals surface area contributed by atoms with E-state index in [-0.39, 0.29) is 5.92 Å². The van der Waals surface area contributed by atoms with Crippen molar-refractivity contribution in [2.45, 2.75) is 57.8 Å². The predicted octanol–water partition coefficient (Wildman–Crippen LogP) is 5.06. The van der Waals surface area contributed by atoms with Gasteiger partial charge in [-0.05, 0) is 74.3 Å². The van der Waals surface area contributed by atoms with Crippen LogP contribution in [0.15, 0.2) is 46.1 Å². The highest BCUT2D eigenvalue weighted by Crippen LogP contribution is 2.77. The molecule has 3 atom stereocenters. The first-order valence-corrected chi connectivity index (χ1v) is 10.2. The molecule has 24 heavy (non-hydrogen) atoms. The average molecular weight is 316 g/mol. The Morgan fingerprint density at radius 3 is 2.54 bits per heavy atom. The first-order valence-electron chi connectivity index (χ1n) is 10.2. The Kier molecular flexibility index (Phi) is 2.01. The van der Waals surface area contributed by atoms with E-state index in [1.165, 1.54) is 50.5 Å². The number of hydrogen-bond donors (Lipinski definition) is 0. The van der Waals surface area contributed by atoms with Crippen molar-refractivity contribution in [3.05, 3.63) is 46.1 Å². The van der Waals surface area contributed by atoms with Crippen LogP contribution in [-0.4, -0.2) is 5.78 Å². The van der Waals surface area contributed by atoms with Crippen molar-refractivity contribution in [2.24, 2.45) is 28.6 Å². The van der Waals surface area contributed by atoms with Crippen molar-refractivity contribution in [3.63, 3.8) is 0 Å². The van der Waals surface area contributed by atoms with Gasteiger partial charge in [0.15, 0.2) is 0 Å². The molecule has 6 bridgehead atoms. The number of Topliss-reactive ketones (excluding diaryl/α,β-unsaturated/α-hetero) is 1. The Morgan fingerprint density at radius 2 is 1.67 bits per heavy atom. The summed E-state index contributed by atoms with van der Waals surface area (Å²) in [5.41, 5.74) is 9.45. The number of carbonyl (C=O) groups is 1. The molecule has 0 aromatic rings. The second-order valence-corrected chi connectivity index (χ2v) is 9.51. The Bertz CT molecular complexity index is 839. The van der Waals surface area contributed by atoms with Gasteiger partial charge in [-0.15, -0.1) is 0 Å². The van der Waals surface area contributed by atoms with Crippen molar-refractivity contribution in [1.29, 1.82) is 0 Å². The van der Waals surface area contributed by atoms with E-state index in [1.54, 1.807) is 11.1 Å². The quantitative estimate of drug-likeness (QED) is 0.571. The van der Waals surface area contributed by atoms with Crippen LogP contribution in [0.3, 0.4) is 0 Å². The second kappa shape index (κ2) is 3.74. The zero-order valence-corrected chi connectivity index (χ0v) is 14.2. The highest BCUT2D eigenvalue weighted by Gasteiger charge is 2.66. The lowest BCUT2D eigenvalue weighted by Gasteiger charge is -2.53. The minimum atomic E-state index is 0.0948. The topological polar surface area (TPSA) is 17.1 Å². The number of hydrogen-bond acceptors (Lipinski definition) is 1. The molecular weight excluding hydrogens is 292 g/mol. The van der Waals surface area contributed by atoms with Crippen molar-refractivity contribution < 1.29 is 4.79 Å². The lowest BCUT2D eigenvalue weighted by Crippen LogP contribution is -2.41. The van der Waals surface area contributed by atoms with Gasteiger partial charge in [-0.1, -0.05) is 34.9 Å². The Balaban J connectivity index is 1.65. The van der Waals surface area contributed by atoms with Gasteiger partial charge in [-0.25, -0.2) is 0 Å². The fourth-order valence-electron chi connectivity index (χ4n) is 8.48. The van der Waals surface area contributed by atoms with Crippen LogP contribution in [0, 0.1) is 28.6 Å². The van der Waals surface area contributed by atoms with Gasteiger partial charge in [0.2, 0.25) is 0 Å². The fraction of sp³-hybridized carbons (Fsp3) is 0.609. The van der Waals surface area contributed by atoms with Crippen LogP contribution in [0.25, 0.3) is 0 Å². The molecule has 0 aliphatic heterocycles. The highest BCUT2D eigenvalue weighted by molar-refractivity contribution is 5.90. The molecule has 0 amide bonds. The molecule has 2 spiro atoms. The third kappa shape index (κ3) is 1.11. The molecule has 8 rings (SSSR count). The minimum absolute atomic E-state index is 0.0948. The molecule has 8 aliphatic carbocycles. The van der Waals surface area contributed by atoms with E-state index in [9.17, 15) is 4.79 Å². The number of ketones is 1. The molecule has 8 aliphatic rings. The third-order valence-corrected chi connectivity index (χ3v) is 9.05. The molecule has 0 aromatic heterocycles. The summed E-state index contributed by atoms with van der Waals surface area (Å²) in [4.78, 5) is 12.8. The molecule has 0 N–H and O–H groups in total. The van der Waals surface area contributed by atoms with Gasteiger partial charge in [0.1, 0.15) is 5.78 Å². The monoisotopic (exact) mass is 316 g/mol. The summed E-state index contributed by atoms with van der Waals surface area (Å²) in [6, 6.07) is 0. The Hall–Kier alpha value is -1.37. The first-order chi connectivity index (χ1) is 11.7. The highest BCUT2D eigenvalue weighted by atomic mass is 16.1. The normalized spacial score (nSPS) is 49.6. The molecule has 0 aromatic carbocycles. The van der Waals surface area contributed by atoms with Gasteiger partial charge < -0.3 is 0 Å². The summed E-state index contributed by atoms with van der Waals surface area (Å²) < 4.78 is 0. The van der Waals surface area contributed by atoms with E-state index in [0.717, 1.165) is 24.7 Å². The zero-order chi connectivity index (χ0) is 15.7. The van der Waals surface area contributed by atoms with Crippen LogP contribution in [0.1, 0.15) is 57.8 Å². The summed E-state index contributed by atoms with van der Waals surface area (Å²) in [6.45, 7) is 0. The van der Waals surface area contributed by atoms with Gasteiger partial charge in [-0.2, -0.15) is 0 Å². The van der Waals surface area contributed by atoms with Crippen LogP contribution in [0.5, 0.6) is 0 Å². The third-order valence-electron chi connectivity index (χ3n) is 9.05. The molecule has 0 saturated heterocycles. The van der Waals surface area contributed by atoms with Crippen molar-refractivity contribution >= 4 is 5.78 Å². The summed E-state index contributed by atoms with van der Waals surface area (Å²) in [5, 5.41) is 0. The van der Waals surface area contributed by atoms with Crippen LogP contribution in [-0.2, 0) is 4.79 Å². The van der Waals surface area contributed by atoms with Crippen molar-refractivity contribution in [3.8, 4) is 0 Å². The number of carbonyl (C=O) groups excluding carboxylic acids is 1. The van der Waals surface area contributed by atoms with Crippen LogP contribution in [0.4, 0.5) is 0 Å². The van der Waals surface area contributed by atoms with E-state index in [0.29, 0.717) is 16.6 Å². The lowest BCUT2D eigenvalue weighted by molar-refractivity contribution is -0.121. The maximum absolute atomic E-state index is 12.8. The van der Waals surface area contributed by atoms with Gasteiger partial charge in [0.25, 0.3) is 0 Å². The molecular formula is C23H24O. The van der Waals surface area contributed by atoms with Crippen molar-refractivity contribution in [1.82, 2.24) is 0 Å². The zero-order valence-electron chi connectivity index (χ0n) is 14.2. The van der Waals surface area contributed by atoms with E-state index in [4.69, 9.17) is 0 Å². The molecule has 1 heteroatoms. The standard InChI is InChI=1S/C23H24O/c24-18-5-4-17-19-15(18)2-1-3-16(19)22-9-6-13(7-10-22)20-21(22)14-8-11-23(17,20)12-14/h1-3,13-15H,4-12H2. The predicted molar refractivity (Wildman–Crippen MR) is 93.2 cm³/mol. The summed E-state index contributed by atoms with van der Waals surface area (Å²) in [6.07, 6.45) is 18.5. The smallest absolute Gasteiger partial charge is 0.144 e. The number of rotatable bonds is 0. The van der Waals surface area contributed by atoms with Gasteiger partial charge >= 0.3 is 0 Å². The van der Waals surface area contributed by atoms with Crippen LogP contribution >= 0.6 is 0 Å². The minimum Gasteiger partial charge on any atom is -0.299 e. The first kappa shape index (κ1) is 12.9. The van der Waals surface area contributed by atoms with Gasteiger partial charge in [0.05, 0.1) is 5.92 Å². The van der Waals surface area contributed by atoms with E-state index in [2.05, 4.69) is 18.2 Å².